The van der Waals surface area contributed by atoms with Gasteiger partial charge < -0.3 is 5.32 Å². The SMILES string of the molecule is CCCC(=O)Nc1cc(C)nn1-c1cc(C)c2ccccc2n1. The van der Waals surface area contributed by atoms with E-state index in [1.54, 1.807) is 4.68 Å². The van der Waals surface area contributed by atoms with Crippen LogP contribution in [0.25, 0.3) is 16.7 Å². The lowest BCUT2D eigenvalue weighted by Gasteiger charge is -2.10. The Morgan fingerprint density at radius 1 is 1.22 bits per heavy atom. The third kappa shape index (κ3) is 3.08. The van der Waals surface area contributed by atoms with E-state index in [9.17, 15) is 4.79 Å². The highest BCUT2D eigenvalue weighted by Gasteiger charge is 2.13. The van der Waals surface area contributed by atoms with Crippen LogP contribution in [0.3, 0.4) is 0 Å². The standard InChI is InChI=1S/C18H20N4O/c1-4-7-18(23)20-17-11-13(3)21-22(17)16-10-12(2)14-8-5-6-9-15(14)19-16/h5-6,8-11H,4,7H2,1-3H3,(H,20,23). The summed E-state index contributed by atoms with van der Waals surface area (Å²) in [6, 6.07) is 11.9. The van der Waals surface area contributed by atoms with Gasteiger partial charge in [0.2, 0.25) is 5.91 Å². The van der Waals surface area contributed by atoms with E-state index in [1.165, 1.54) is 0 Å². The van der Waals surface area contributed by atoms with Gasteiger partial charge in [-0.3, -0.25) is 4.79 Å². The number of carbonyl (C=O) groups excluding carboxylic acids is 1. The number of aryl methyl sites for hydroxylation is 2. The molecule has 1 amide bonds. The maximum atomic E-state index is 11.9. The predicted molar refractivity (Wildman–Crippen MR) is 91.9 cm³/mol. The highest BCUT2D eigenvalue weighted by atomic mass is 16.1. The molecule has 1 N–H and O–H groups in total. The van der Waals surface area contributed by atoms with Crippen molar-refractivity contribution in [1.82, 2.24) is 14.8 Å². The Labute approximate surface area is 135 Å². The molecule has 0 bridgehead atoms. The maximum Gasteiger partial charge on any atom is 0.225 e. The van der Waals surface area contributed by atoms with Gasteiger partial charge in [0.1, 0.15) is 5.82 Å². The molecule has 0 aliphatic carbocycles. The number of fused-ring (bicyclic) bond motifs is 1. The minimum atomic E-state index is -0.00818. The van der Waals surface area contributed by atoms with Gasteiger partial charge in [-0.2, -0.15) is 9.78 Å². The number of hydrogen-bond donors (Lipinski definition) is 1. The van der Waals surface area contributed by atoms with Crippen molar-refractivity contribution in [2.75, 3.05) is 5.32 Å². The lowest BCUT2D eigenvalue weighted by Crippen LogP contribution is -2.15. The molecule has 0 aliphatic rings. The Morgan fingerprint density at radius 2 is 2.00 bits per heavy atom. The monoisotopic (exact) mass is 308 g/mol. The number of aromatic nitrogens is 3. The van der Waals surface area contributed by atoms with Gasteiger partial charge in [0.05, 0.1) is 11.2 Å². The molecule has 1 aromatic carbocycles. The van der Waals surface area contributed by atoms with Crippen LogP contribution in [0.2, 0.25) is 0 Å². The summed E-state index contributed by atoms with van der Waals surface area (Å²) in [5, 5.41) is 8.52. The largest absolute Gasteiger partial charge is 0.311 e. The number of para-hydroxylation sites is 1. The smallest absolute Gasteiger partial charge is 0.225 e. The fourth-order valence-corrected chi connectivity index (χ4v) is 2.64. The topological polar surface area (TPSA) is 59.8 Å². The first-order chi connectivity index (χ1) is 11.1. The van der Waals surface area contributed by atoms with Crippen LogP contribution in [0.5, 0.6) is 0 Å². The molecule has 2 heterocycles. The zero-order valence-corrected chi connectivity index (χ0v) is 13.6. The number of nitrogens with zero attached hydrogens (tertiary/aromatic N) is 3. The van der Waals surface area contributed by atoms with Crippen LogP contribution in [0.4, 0.5) is 5.82 Å². The van der Waals surface area contributed by atoms with E-state index in [2.05, 4.69) is 28.4 Å². The van der Waals surface area contributed by atoms with Crippen LogP contribution < -0.4 is 5.32 Å². The summed E-state index contributed by atoms with van der Waals surface area (Å²) in [5.74, 6) is 1.36. The van der Waals surface area contributed by atoms with Gasteiger partial charge in [-0.05, 0) is 38.0 Å². The average molecular weight is 308 g/mol. The molecule has 3 aromatic rings. The highest BCUT2D eigenvalue weighted by molar-refractivity contribution is 5.90. The molecule has 0 aliphatic heterocycles. The van der Waals surface area contributed by atoms with Crippen molar-refractivity contribution in [3.63, 3.8) is 0 Å². The van der Waals surface area contributed by atoms with E-state index in [-0.39, 0.29) is 5.91 Å². The molecule has 0 fully saturated rings. The molecule has 3 rings (SSSR count). The highest BCUT2D eigenvalue weighted by Crippen LogP contribution is 2.22. The van der Waals surface area contributed by atoms with E-state index in [0.29, 0.717) is 18.1 Å². The number of pyridine rings is 1. The molecule has 2 aromatic heterocycles. The lowest BCUT2D eigenvalue weighted by atomic mass is 10.1. The van der Waals surface area contributed by atoms with Gasteiger partial charge in [0, 0.05) is 17.9 Å². The van der Waals surface area contributed by atoms with Crippen molar-refractivity contribution in [2.45, 2.75) is 33.6 Å². The molecule has 0 unspecified atom stereocenters. The molecule has 0 atom stereocenters. The lowest BCUT2D eigenvalue weighted by molar-refractivity contribution is -0.116. The summed E-state index contributed by atoms with van der Waals surface area (Å²) in [7, 11) is 0. The Balaban J connectivity index is 2.06. The predicted octanol–water partition coefficient (Wildman–Crippen LogP) is 3.78. The zero-order valence-electron chi connectivity index (χ0n) is 13.6. The number of rotatable bonds is 4. The second-order valence-electron chi connectivity index (χ2n) is 5.70. The van der Waals surface area contributed by atoms with Crippen LogP contribution in [0, 0.1) is 13.8 Å². The number of carbonyl (C=O) groups is 1. The van der Waals surface area contributed by atoms with E-state index in [0.717, 1.165) is 28.6 Å². The quantitative estimate of drug-likeness (QED) is 0.798. The molecular weight excluding hydrogens is 288 g/mol. The summed E-state index contributed by atoms with van der Waals surface area (Å²) in [6.45, 7) is 5.94. The Morgan fingerprint density at radius 3 is 2.78 bits per heavy atom. The van der Waals surface area contributed by atoms with Crippen LogP contribution in [0.1, 0.15) is 31.0 Å². The third-order valence-electron chi connectivity index (χ3n) is 3.70. The third-order valence-corrected chi connectivity index (χ3v) is 3.70. The summed E-state index contributed by atoms with van der Waals surface area (Å²) in [5.41, 5.74) is 2.88. The molecule has 23 heavy (non-hydrogen) atoms. The number of amides is 1. The average Bonchev–Trinajstić information content (AvgIpc) is 2.88. The van der Waals surface area contributed by atoms with E-state index < -0.39 is 0 Å². The molecule has 0 saturated carbocycles. The minimum absolute atomic E-state index is 0.00818. The first-order valence-corrected chi connectivity index (χ1v) is 7.81. The Hall–Kier alpha value is -2.69. The van der Waals surface area contributed by atoms with Gasteiger partial charge >= 0.3 is 0 Å². The minimum Gasteiger partial charge on any atom is -0.311 e. The molecule has 0 saturated heterocycles. The number of anilines is 1. The van der Waals surface area contributed by atoms with E-state index >= 15 is 0 Å². The first kappa shape index (κ1) is 15.2. The Kier molecular flexibility index (Phi) is 4.10. The van der Waals surface area contributed by atoms with Crippen molar-refractivity contribution in [3.05, 3.63) is 47.7 Å². The van der Waals surface area contributed by atoms with Gasteiger partial charge in [0.25, 0.3) is 0 Å². The van der Waals surface area contributed by atoms with Crippen LogP contribution in [0.15, 0.2) is 36.4 Å². The molecule has 5 heteroatoms. The van der Waals surface area contributed by atoms with Crippen molar-refractivity contribution in [1.29, 1.82) is 0 Å². The second kappa shape index (κ2) is 6.20. The molecule has 0 radical (unpaired) electrons. The summed E-state index contributed by atoms with van der Waals surface area (Å²) < 4.78 is 1.70. The van der Waals surface area contributed by atoms with Crippen molar-refractivity contribution < 1.29 is 4.79 Å². The first-order valence-electron chi connectivity index (χ1n) is 7.81. The number of benzene rings is 1. The fraction of sp³-hybridized carbons (Fsp3) is 0.278. The summed E-state index contributed by atoms with van der Waals surface area (Å²) in [4.78, 5) is 16.6. The Bertz CT molecular complexity index is 867. The van der Waals surface area contributed by atoms with Crippen LogP contribution in [-0.4, -0.2) is 20.7 Å². The van der Waals surface area contributed by atoms with Gasteiger partial charge in [-0.25, -0.2) is 4.98 Å². The zero-order chi connectivity index (χ0) is 16.4. The van der Waals surface area contributed by atoms with E-state index in [4.69, 9.17) is 0 Å². The molecular formula is C18H20N4O. The molecule has 5 nitrogen and oxygen atoms in total. The van der Waals surface area contributed by atoms with E-state index in [1.807, 2.05) is 44.2 Å². The molecule has 0 spiro atoms. The maximum absolute atomic E-state index is 11.9. The summed E-state index contributed by atoms with van der Waals surface area (Å²) >= 11 is 0. The number of nitrogens with one attached hydrogen (secondary N) is 1. The summed E-state index contributed by atoms with van der Waals surface area (Å²) in [6.07, 6.45) is 1.31. The fourth-order valence-electron chi connectivity index (χ4n) is 2.64. The van der Waals surface area contributed by atoms with Crippen LogP contribution >= 0.6 is 0 Å². The second-order valence-corrected chi connectivity index (χ2v) is 5.70. The van der Waals surface area contributed by atoms with Gasteiger partial charge in [0.15, 0.2) is 5.82 Å². The number of hydrogen-bond acceptors (Lipinski definition) is 3. The van der Waals surface area contributed by atoms with Gasteiger partial charge in [-0.1, -0.05) is 25.1 Å². The van der Waals surface area contributed by atoms with Crippen molar-refractivity contribution in [3.8, 4) is 5.82 Å². The van der Waals surface area contributed by atoms with Crippen molar-refractivity contribution >= 4 is 22.6 Å². The molecule has 118 valence electrons. The van der Waals surface area contributed by atoms with Crippen molar-refractivity contribution in [2.24, 2.45) is 0 Å². The van der Waals surface area contributed by atoms with Gasteiger partial charge in [-0.15, -0.1) is 0 Å². The normalized spacial score (nSPS) is 10.9. The van der Waals surface area contributed by atoms with Crippen LogP contribution in [-0.2, 0) is 4.79 Å².